The van der Waals surface area contributed by atoms with E-state index in [0.717, 1.165) is 16.9 Å². The van der Waals surface area contributed by atoms with Crippen LogP contribution in [0.3, 0.4) is 0 Å². The van der Waals surface area contributed by atoms with Crippen LogP contribution in [0.15, 0.2) is 30.3 Å². The molecule has 0 unspecified atom stereocenters. The van der Waals surface area contributed by atoms with Gasteiger partial charge in [-0.15, -0.1) is 11.3 Å². The van der Waals surface area contributed by atoms with Crippen molar-refractivity contribution >= 4 is 34.6 Å². The fraction of sp³-hybridized carbons (Fsp3) is 0.250. The molecule has 0 radical (unpaired) electrons. The number of nitrogens with zero attached hydrogens (tertiary/aromatic N) is 1. The topological polar surface area (TPSA) is 98.5 Å². The number of nitro groups is 1. The molecular formula is C16H16N2O5S. The van der Waals surface area contributed by atoms with E-state index >= 15 is 0 Å². The number of nitro benzene ring substituents is 1. The van der Waals surface area contributed by atoms with Crippen LogP contribution in [0.5, 0.6) is 0 Å². The highest BCUT2D eigenvalue weighted by molar-refractivity contribution is 7.14. The SMILES string of the molecule is CCc1sc(C(=O)OCC(=O)Nc2ccc([N+](=O)[O-])cc2)cc1C. The number of hydrogen-bond acceptors (Lipinski definition) is 6. The molecule has 1 N–H and O–H groups in total. The van der Waals surface area contributed by atoms with Crippen molar-refractivity contribution in [2.45, 2.75) is 20.3 Å². The van der Waals surface area contributed by atoms with Gasteiger partial charge in [-0.3, -0.25) is 14.9 Å². The van der Waals surface area contributed by atoms with E-state index in [2.05, 4.69) is 5.32 Å². The molecule has 126 valence electrons. The molecule has 0 aliphatic rings. The van der Waals surface area contributed by atoms with Gasteiger partial charge in [0, 0.05) is 22.7 Å². The Hall–Kier alpha value is -2.74. The number of aryl methyl sites for hydroxylation is 2. The molecule has 24 heavy (non-hydrogen) atoms. The van der Waals surface area contributed by atoms with Crippen molar-refractivity contribution in [3.8, 4) is 0 Å². The molecule has 0 aliphatic carbocycles. The highest BCUT2D eigenvalue weighted by Gasteiger charge is 2.15. The summed E-state index contributed by atoms with van der Waals surface area (Å²) in [5.41, 5.74) is 1.35. The summed E-state index contributed by atoms with van der Waals surface area (Å²) in [6, 6.07) is 7.13. The van der Waals surface area contributed by atoms with Crippen LogP contribution in [0.1, 0.15) is 27.0 Å². The van der Waals surface area contributed by atoms with E-state index < -0.39 is 23.4 Å². The minimum Gasteiger partial charge on any atom is -0.451 e. The molecule has 0 saturated carbocycles. The van der Waals surface area contributed by atoms with Gasteiger partial charge in [-0.2, -0.15) is 0 Å². The van der Waals surface area contributed by atoms with E-state index in [9.17, 15) is 19.7 Å². The number of non-ortho nitro benzene ring substituents is 1. The van der Waals surface area contributed by atoms with E-state index in [1.807, 2.05) is 13.8 Å². The molecule has 0 bridgehead atoms. The second kappa shape index (κ2) is 7.69. The van der Waals surface area contributed by atoms with E-state index in [1.165, 1.54) is 35.6 Å². The molecule has 7 nitrogen and oxygen atoms in total. The van der Waals surface area contributed by atoms with Crippen molar-refractivity contribution in [3.63, 3.8) is 0 Å². The second-order valence-electron chi connectivity index (χ2n) is 5.00. The molecule has 1 amide bonds. The summed E-state index contributed by atoms with van der Waals surface area (Å²) < 4.78 is 4.99. The zero-order valence-corrected chi connectivity index (χ0v) is 14.0. The fourth-order valence-electron chi connectivity index (χ4n) is 2.04. The molecule has 0 spiro atoms. The van der Waals surface area contributed by atoms with Crippen molar-refractivity contribution in [1.82, 2.24) is 0 Å². The summed E-state index contributed by atoms with van der Waals surface area (Å²) >= 11 is 1.36. The van der Waals surface area contributed by atoms with Crippen LogP contribution >= 0.6 is 11.3 Å². The highest BCUT2D eigenvalue weighted by Crippen LogP contribution is 2.23. The fourth-order valence-corrected chi connectivity index (χ4v) is 3.04. The van der Waals surface area contributed by atoms with E-state index in [-0.39, 0.29) is 5.69 Å². The monoisotopic (exact) mass is 348 g/mol. The van der Waals surface area contributed by atoms with Gasteiger partial charge in [0.1, 0.15) is 4.88 Å². The van der Waals surface area contributed by atoms with E-state index in [0.29, 0.717) is 10.6 Å². The zero-order chi connectivity index (χ0) is 17.7. The lowest BCUT2D eigenvalue weighted by molar-refractivity contribution is -0.384. The van der Waals surface area contributed by atoms with Gasteiger partial charge in [0.25, 0.3) is 11.6 Å². The quantitative estimate of drug-likeness (QED) is 0.490. The molecule has 0 saturated heterocycles. The van der Waals surface area contributed by atoms with Gasteiger partial charge in [0.2, 0.25) is 0 Å². The van der Waals surface area contributed by atoms with Gasteiger partial charge in [-0.25, -0.2) is 4.79 Å². The summed E-state index contributed by atoms with van der Waals surface area (Å²) in [5, 5.41) is 13.1. The lowest BCUT2D eigenvalue weighted by Crippen LogP contribution is -2.20. The number of amides is 1. The number of rotatable bonds is 6. The minimum atomic E-state index is -0.540. The van der Waals surface area contributed by atoms with Crippen LogP contribution in [-0.4, -0.2) is 23.4 Å². The van der Waals surface area contributed by atoms with Crippen LogP contribution in [0.4, 0.5) is 11.4 Å². The Morgan fingerprint density at radius 3 is 2.50 bits per heavy atom. The largest absolute Gasteiger partial charge is 0.451 e. The number of carbonyl (C=O) groups is 2. The molecule has 1 aromatic carbocycles. The minimum absolute atomic E-state index is 0.0702. The average molecular weight is 348 g/mol. The maximum Gasteiger partial charge on any atom is 0.348 e. The Morgan fingerprint density at radius 2 is 1.96 bits per heavy atom. The zero-order valence-electron chi connectivity index (χ0n) is 13.2. The maximum atomic E-state index is 11.9. The Morgan fingerprint density at radius 1 is 1.29 bits per heavy atom. The molecule has 0 atom stereocenters. The number of anilines is 1. The van der Waals surface area contributed by atoms with Gasteiger partial charge in [-0.1, -0.05) is 6.92 Å². The molecule has 8 heteroatoms. The molecule has 1 heterocycles. The Balaban J connectivity index is 1.88. The number of hydrogen-bond donors (Lipinski definition) is 1. The van der Waals surface area contributed by atoms with Crippen LogP contribution < -0.4 is 5.32 Å². The van der Waals surface area contributed by atoms with Gasteiger partial charge in [0.15, 0.2) is 6.61 Å². The van der Waals surface area contributed by atoms with Gasteiger partial charge >= 0.3 is 5.97 Å². The first kappa shape index (κ1) is 17.6. The summed E-state index contributed by atoms with van der Waals surface area (Å²) in [6.45, 7) is 3.51. The molecule has 2 rings (SSSR count). The normalized spacial score (nSPS) is 10.2. The Kier molecular flexibility index (Phi) is 5.64. The van der Waals surface area contributed by atoms with Gasteiger partial charge < -0.3 is 10.1 Å². The van der Waals surface area contributed by atoms with Crippen molar-refractivity contribution in [3.05, 3.63) is 55.8 Å². The summed E-state index contributed by atoms with van der Waals surface area (Å²) in [6.07, 6.45) is 0.838. The molecule has 0 aliphatic heterocycles. The van der Waals surface area contributed by atoms with Gasteiger partial charge in [0.05, 0.1) is 4.92 Å². The number of nitrogens with one attached hydrogen (secondary N) is 1. The number of benzene rings is 1. The van der Waals surface area contributed by atoms with Crippen LogP contribution in [0, 0.1) is 17.0 Å². The van der Waals surface area contributed by atoms with Crippen molar-refractivity contribution in [2.75, 3.05) is 11.9 Å². The van der Waals surface area contributed by atoms with Crippen LogP contribution in [0.2, 0.25) is 0 Å². The predicted molar refractivity (Wildman–Crippen MR) is 90.4 cm³/mol. The summed E-state index contributed by atoms with van der Waals surface area (Å²) in [7, 11) is 0. The third-order valence-corrected chi connectivity index (χ3v) is 4.60. The summed E-state index contributed by atoms with van der Waals surface area (Å²) in [5.74, 6) is -1.05. The molecule has 0 fully saturated rings. The second-order valence-corrected chi connectivity index (χ2v) is 6.14. The first-order chi connectivity index (χ1) is 11.4. The Bertz CT molecular complexity index is 767. The van der Waals surface area contributed by atoms with E-state index in [1.54, 1.807) is 6.07 Å². The third-order valence-electron chi connectivity index (χ3n) is 3.24. The first-order valence-electron chi connectivity index (χ1n) is 7.21. The smallest absolute Gasteiger partial charge is 0.348 e. The standard InChI is InChI=1S/C16H16N2O5S/c1-3-13-10(2)8-14(24-13)16(20)23-9-15(19)17-11-4-6-12(7-5-11)18(21)22/h4-8H,3,9H2,1-2H3,(H,17,19). The number of ether oxygens (including phenoxy) is 1. The maximum absolute atomic E-state index is 11.9. The highest BCUT2D eigenvalue weighted by atomic mass is 32.1. The average Bonchev–Trinajstić information content (AvgIpc) is 2.94. The Labute approximate surface area is 142 Å². The molecule has 1 aromatic heterocycles. The van der Waals surface area contributed by atoms with Crippen molar-refractivity contribution < 1.29 is 19.2 Å². The lowest BCUT2D eigenvalue weighted by atomic mass is 10.2. The van der Waals surface area contributed by atoms with Crippen molar-refractivity contribution in [1.29, 1.82) is 0 Å². The van der Waals surface area contributed by atoms with Gasteiger partial charge in [-0.05, 0) is 37.1 Å². The summed E-state index contributed by atoms with van der Waals surface area (Å²) in [4.78, 5) is 35.3. The van der Waals surface area contributed by atoms with Crippen LogP contribution in [-0.2, 0) is 16.0 Å². The lowest BCUT2D eigenvalue weighted by Gasteiger charge is -2.05. The number of carbonyl (C=O) groups excluding carboxylic acids is 2. The molecule has 2 aromatic rings. The van der Waals surface area contributed by atoms with Crippen LogP contribution in [0.25, 0.3) is 0 Å². The predicted octanol–water partition coefficient (Wildman–Crippen LogP) is 3.32. The number of esters is 1. The molecular weight excluding hydrogens is 332 g/mol. The van der Waals surface area contributed by atoms with E-state index in [4.69, 9.17) is 4.74 Å². The first-order valence-corrected chi connectivity index (χ1v) is 8.03. The van der Waals surface area contributed by atoms with Crippen molar-refractivity contribution in [2.24, 2.45) is 0 Å². The third kappa shape index (κ3) is 4.39. The number of thiophene rings is 1.